The van der Waals surface area contributed by atoms with E-state index in [4.69, 9.17) is 4.74 Å². The van der Waals surface area contributed by atoms with Gasteiger partial charge in [0.2, 0.25) is 0 Å². The highest BCUT2D eigenvalue weighted by atomic mass is 127. The summed E-state index contributed by atoms with van der Waals surface area (Å²) in [6.45, 7) is 8.22. The first-order valence-electron chi connectivity index (χ1n) is 3.92. The predicted molar refractivity (Wildman–Crippen MR) is 57.7 cm³/mol. The number of carbonyl (C=O) groups is 1. The first-order chi connectivity index (χ1) is 5.31. The molecule has 72 valence electrons. The molecule has 12 heavy (non-hydrogen) atoms. The summed E-state index contributed by atoms with van der Waals surface area (Å²) in [4.78, 5) is 11.0. The summed E-state index contributed by atoms with van der Waals surface area (Å²) >= 11 is 2.24. The third-order valence-corrected chi connectivity index (χ3v) is 1.37. The van der Waals surface area contributed by atoms with Gasteiger partial charge in [-0.3, -0.25) is 0 Å². The second kappa shape index (κ2) is 4.89. The molecular weight excluding hydrogens is 269 g/mol. The third-order valence-electron chi connectivity index (χ3n) is 0.927. The van der Waals surface area contributed by atoms with Crippen LogP contribution in [0, 0.1) is 0 Å². The van der Waals surface area contributed by atoms with Crippen LogP contribution in [-0.4, -0.2) is 22.2 Å². The molecule has 1 unspecified atom stereocenters. The number of carbonyl (C=O) groups excluding carboxylic acids is 1. The van der Waals surface area contributed by atoms with Crippen LogP contribution >= 0.6 is 22.6 Å². The van der Waals surface area contributed by atoms with E-state index in [1.165, 1.54) is 0 Å². The molecule has 0 aromatic heterocycles. The summed E-state index contributed by atoms with van der Waals surface area (Å²) in [7, 11) is 0. The Kier molecular flexibility index (Phi) is 4.89. The monoisotopic (exact) mass is 285 g/mol. The number of nitrogens with one attached hydrogen (secondary N) is 1. The van der Waals surface area contributed by atoms with Crippen molar-refractivity contribution in [1.29, 1.82) is 0 Å². The average molecular weight is 285 g/mol. The van der Waals surface area contributed by atoms with Crippen LogP contribution in [0.2, 0.25) is 0 Å². The number of halogens is 1. The molecule has 0 aliphatic rings. The van der Waals surface area contributed by atoms with Crippen LogP contribution in [0.1, 0.15) is 27.7 Å². The molecular formula is C8H16INO2. The molecule has 0 rings (SSSR count). The highest BCUT2D eigenvalue weighted by molar-refractivity contribution is 14.1. The molecule has 1 atom stereocenters. The van der Waals surface area contributed by atoms with Gasteiger partial charge in [0.25, 0.3) is 0 Å². The van der Waals surface area contributed by atoms with Crippen molar-refractivity contribution in [1.82, 2.24) is 5.32 Å². The van der Waals surface area contributed by atoms with E-state index >= 15 is 0 Å². The smallest absolute Gasteiger partial charge is 0.407 e. The number of alkyl carbamates (subject to hydrolysis) is 1. The molecule has 0 radical (unpaired) electrons. The lowest BCUT2D eigenvalue weighted by atomic mass is 10.2. The van der Waals surface area contributed by atoms with Gasteiger partial charge in [0.15, 0.2) is 0 Å². The Balaban J connectivity index is 3.61. The molecule has 1 N–H and O–H groups in total. The van der Waals surface area contributed by atoms with Crippen LogP contribution in [0.25, 0.3) is 0 Å². The SMILES string of the molecule is CC(I)CNC(=O)OC(C)(C)C. The summed E-state index contributed by atoms with van der Waals surface area (Å²) < 4.78 is 5.46. The molecule has 0 bridgehead atoms. The van der Waals surface area contributed by atoms with Crippen molar-refractivity contribution in [2.45, 2.75) is 37.2 Å². The van der Waals surface area contributed by atoms with Crippen LogP contribution in [0.3, 0.4) is 0 Å². The van der Waals surface area contributed by atoms with Gasteiger partial charge in [0.05, 0.1) is 0 Å². The minimum atomic E-state index is -0.404. The normalized spacial score (nSPS) is 13.8. The van der Waals surface area contributed by atoms with Gasteiger partial charge in [-0.2, -0.15) is 0 Å². The Morgan fingerprint density at radius 1 is 1.58 bits per heavy atom. The maximum absolute atomic E-state index is 11.0. The molecule has 0 fully saturated rings. The second-order valence-corrected chi connectivity index (χ2v) is 5.79. The zero-order valence-electron chi connectivity index (χ0n) is 7.98. The van der Waals surface area contributed by atoms with Gasteiger partial charge in [-0.25, -0.2) is 4.79 Å². The fourth-order valence-corrected chi connectivity index (χ4v) is 0.758. The Hall–Kier alpha value is 0. The van der Waals surface area contributed by atoms with E-state index in [0.29, 0.717) is 10.5 Å². The lowest BCUT2D eigenvalue weighted by Crippen LogP contribution is -2.34. The highest BCUT2D eigenvalue weighted by Gasteiger charge is 2.15. The van der Waals surface area contributed by atoms with Gasteiger partial charge in [-0.15, -0.1) is 0 Å². The van der Waals surface area contributed by atoms with E-state index < -0.39 is 5.60 Å². The van der Waals surface area contributed by atoms with Crippen molar-refractivity contribution in [2.24, 2.45) is 0 Å². The lowest BCUT2D eigenvalue weighted by Gasteiger charge is -2.19. The number of rotatable bonds is 2. The van der Waals surface area contributed by atoms with Crippen LogP contribution in [0.15, 0.2) is 0 Å². The fraction of sp³-hybridized carbons (Fsp3) is 0.875. The van der Waals surface area contributed by atoms with E-state index in [1.54, 1.807) is 0 Å². The van der Waals surface area contributed by atoms with Crippen molar-refractivity contribution in [2.75, 3.05) is 6.54 Å². The van der Waals surface area contributed by atoms with Gasteiger partial charge >= 0.3 is 6.09 Å². The number of hydrogen-bond donors (Lipinski definition) is 1. The van der Waals surface area contributed by atoms with E-state index in [0.717, 1.165) is 0 Å². The van der Waals surface area contributed by atoms with Crippen molar-refractivity contribution in [3.63, 3.8) is 0 Å². The van der Waals surface area contributed by atoms with Crippen LogP contribution in [0.4, 0.5) is 4.79 Å². The topological polar surface area (TPSA) is 38.3 Å². The Labute approximate surface area is 87.4 Å². The van der Waals surface area contributed by atoms with E-state index in [-0.39, 0.29) is 6.09 Å². The molecule has 4 heteroatoms. The van der Waals surface area contributed by atoms with Crippen LogP contribution < -0.4 is 5.32 Å². The lowest BCUT2D eigenvalue weighted by molar-refractivity contribution is 0.0529. The molecule has 0 saturated heterocycles. The number of hydrogen-bond acceptors (Lipinski definition) is 2. The summed E-state index contributed by atoms with van der Waals surface area (Å²) in [5.41, 5.74) is -0.404. The second-order valence-electron chi connectivity index (χ2n) is 3.66. The largest absolute Gasteiger partial charge is 0.444 e. The summed E-state index contributed by atoms with van der Waals surface area (Å²) in [5, 5.41) is 2.67. The fourth-order valence-electron chi connectivity index (χ4n) is 0.538. The highest BCUT2D eigenvalue weighted by Crippen LogP contribution is 2.06. The quantitative estimate of drug-likeness (QED) is 0.624. The van der Waals surface area contributed by atoms with E-state index in [2.05, 4.69) is 27.9 Å². The number of ether oxygens (including phenoxy) is 1. The summed E-state index contributed by atoms with van der Waals surface area (Å²) in [6.07, 6.45) is -0.342. The van der Waals surface area contributed by atoms with Gasteiger partial charge in [0, 0.05) is 10.5 Å². The number of alkyl halides is 1. The molecule has 0 saturated carbocycles. The van der Waals surface area contributed by atoms with E-state index in [9.17, 15) is 4.79 Å². The van der Waals surface area contributed by atoms with Gasteiger partial charge < -0.3 is 10.1 Å². The molecule has 0 aliphatic carbocycles. The molecule has 0 aromatic rings. The average Bonchev–Trinajstić information content (AvgIpc) is 1.79. The standard InChI is InChI=1S/C8H16INO2/c1-6(9)5-10-7(11)12-8(2,3)4/h6H,5H2,1-4H3,(H,10,11). The molecule has 3 nitrogen and oxygen atoms in total. The molecule has 0 spiro atoms. The summed E-state index contributed by atoms with van der Waals surface area (Å²) in [6, 6.07) is 0. The molecule has 0 heterocycles. The number of amides is 1. The zero-order valence-corrected chi connectivity index (χ0v) is 10.1. The predicted octanol–water partition coefficient (Wildman–Crippen LogP) is 2.33. The maximum atomic E-state index is 11.0. The van der Waals surface area contributed by atoms with Crippen molar-refractivity contribution in [3.05, 3.63) is 0 Å². The van der Waals surface area contributed by atoms with Gasteiger partial charge in [0.1, 0.15) is 5.60 Å². The Morgan fingerprint density at radius 3 is 2.42 bits per heavy atom. The first-order valence-corrected chi connectivity index (χ1v) is 5.17. The van der Waals surface area contributed by atoms with Crippen molar-refractivity contribution < 1.29 is 9.53 Å². The summed E-state index contributed by atoms with van der Waals surface area (Å²) in [5.74, 6) is 0. The zero-order chi connectivity index (χ0) is 9.78. The Morgan fingerprint density at radius 2 is 2.08 bits per heavy atom. The first kappa shape index (κ1) is 12.0. The minimum Gasteiger partial charge on any atom is -0.444 e. The minimum absolute atomic E-state index is 0.342. The van der Waals surface area contributed by atoms with Gasteiger partial charge in [-0.1, -0.05) is 29.5 Å². The Bertz CT molecular complexity index is 152. The maximum Gasteiger partial charge on any atom is 0.407 e. The van der Waals surface area contributed by atoms with E-state index in [1.807, 2.05) is 27.7 Å². The molecule has 0 aromatic carbocycles. The van der Waals surface area contributed by atoms with Crippen LogP contribution in [-0.2, 0) is 4.74 Å². The third kappa shape index (κ3) is 8.10. The molecule has 1 amide bonds. The van der Waals surface area contributed by atoms with Crippen molar-refractivity contribution in [3.8, 4) is 0 Å². The van der Waals surface area contributed by atoms with Gasteiger partial charge in [-0.05, 0) is 20.8 Å². The van der Waals surface area contributed by atoms with Crippen molar-refractivity contribution >= 4 is 28.7 Å². The van der Waals surface area contributed by atoms with Crippen LogP contribution in [0.5, 0.6) is 0 Å². The molecule has 0 aliphatic heterocycles.